The summed E-state index contributed by atoms with van der Waals surface area (Å²) in [6, 6.07) is 26.2. The van der Waals surface area contributed by atoms with Crippen LogP contribution in [-0.2, 0) is 13.7 Å². The lowest BCUT2D eigenvalue weighted by Crippen LogP contribution is -2.13. The van der Waals surface area contributed by atoms with Crippen LogP contribution in [-0.4, -0.2) is 20.4 Å². The number of pyridine rings is 1. The lowest BCUT2D eigenvalue weighted by Gasteiger charge is -2.12. The Hall–Kier alpha value is -4.91. The van der Waals surface area contributed by atoms with Gasteiger partial charge in [-0.15, -0.1) is 0 Å². The van der Waals surface area contributed by atoms with Gasteiger partial charge in [0.15, 0.2) is 0 Å². The molecule has 5 aromatic rings. The second kappa shape index (κ2) is 10.8. The minimum atomic E-state index is -0.195. The van der Waals surface area contributed by atoms with Gasteiger partial charge in [-0.1, -0.05) is 30.3 Å². The van der Waals surface area contributed by atoms with E-state index in [9.17, 15) is 4.79 Å². The van der Waals surface area contributed by atoms with Crippen molar-refractivity contribution in [3.8, 4) is 28.6 Å². The number of carbonyl (C=O) groups excluding carboxylic acids is 1. The van der Waals surface area contributed by atoms with E-state index in [1.54, 1.807) is 42.7 Å². The number of benzene rings is 3. The lowest BCUT2D eigenvalue weighted by atomic mass is 10.1. The van der Waals surface area contributed by atoms with Gasteiger partial charge in [-0.05, 0) is 61.0 Å². The molecule has 1 amide bonds. The zero-order chi connectivity index (χ0) is 25.6. The molecule has 0 bridgehead atoms. The summed E-state index contributed by atoms with van der Waals surface area (Å²) >= 11 is 0. The molecule has 7 heteroatoms. The number of rotatable bonds is 8. The molecule has 2 aromatic heterocycles. The van der Waals surface area contributed by atoms with Crippen LogP contribution in [0.3, 0.4) is 0 Å². The van der Waals surface area contributed by atoms with Crippen LogP contribution >= 0.6 is 0 Å². The van der Waals surface area contributed by atoms with Crippen LogP contribution in [0, 0.1) is 6.92 Å². The van der Waals surface area contributed by atoms with Crippen molar-refractivity contribution < 1.29 is 14.3 Å². The molecular weight excluding hydrogens is 464 g/mol. The van der Waals surface area contributed by atoms with E-state index in [1.165, 1.54) is 0 Å². The maximum atomic E-state index is 12.9. The van der Waals surface area contributed by atoms with Gasteiger partial charge in [0, 0.05) is 48.5 Å². The highest BCUT2D eigenvalue weighted by Crippen LogP contribution is 2.25. The molecule has 0 saturated carbocycles. The van der Waals surface area contributed by atoms with E-state index in [0.717, 1.165) is 34.1 Å². The molecule has 0 saturated heterocycles. The Balaban J connectivity index is 1.21. The van der Waals surface area contributed by atoms with Gasteiger partial charge in [-0.2, -0.15) is 0 Å². The van der Waals surface area contributed by atoms with E-state index in [0.29, 0.717) is 17.1 Å². The molecule has 1 N–H and O–H groups in total. The van der Waals surface area contributed by atoms with E-state index in [-0.39, 0.29) is 12.5 Å². The van der Waals surface area contributed by atoms with Crippen molar-refractivity contribution in [2.24, 2.45) is 7.05 Å². The minimum absolute atomic E-state index is 0.195. The summed E-state index contributed by atoms with van der Waals surface area (Å²) < 4.78 is 13.7. The van der Waals surface area contributed by atoms with Gasteiger partial charge in [0.2, 0.25) is 0 Å². The molecule has 7 nitrogen and oxygen atoms in total. The molecule has 0 unspecified atom stereocenters. The number of carbonyl (C=O) groups is 1. The zero-order valence-electron chi connectivity index (χ0n) is 20.6. The first-order chi connectivity index (χ1) is 18.0. The number of aromatic nitrogens is 3. The average Bonchev–Trinajstić information content (AvgIpc) is 3.35. The molecule has 184 valence electrons. The first kappa shape index (κ1) is 23.8. The van der Waals surface area contributed by atoms with E-state index < -0.39 is 0 Å². The van der Waals surface area contributed by atoms with Crippen molar-refractivity contribution in [2.45, 2.75) is 13.5 Å². The fourth-order valence-corrected chi connectivity index (χ4v) is 3.82. The highest BCUT2D eigenvalue weighted by molar-refractivity contribution is 6.05. The van der Waals surface area contributed by atoms with Gasteiger partial charge < -0.3 is 19.4 Å². The Labute approximate surface area is 215 Å². The van der Waals surface area contributed by atoms with E-state index in [2.05, 4.69) is 15.3 Å². The van der Waals surface area contributed by atoms with E-state index >= 15 is 0 Å². The fourth-order valence-electron chi connectivity index (χ4n) is 3.82. The zero-order valence-corrected chi connectivity index (χ0v) is 20.6. The molecule has 0 aliphatic heterocycles. The quantitative estimate of drug-likeness (QED) is 0.272. The van der Waals surface area contributed by atoms with Crippen LogP contribution in [0.5, 0.6) is 17.2 Å². The summed E-state index contributed by atoms with van der Waals surface area (Å²) in [5.74, 6) is 2.73. The standard InChI is InChI=1S/C30H26N4O3/c1-21-8-9-23(29-32-16-17-34(29)2)18-28(21)33-30(35)22-10-12-25(13-11-22)36-20-24-19-27(14-15-31-24)37-26-6-4-3-5-7-26/h3-19H,20H2,1-2H3,(H,33,35). The SMILES string of the molecule is Cc1ccc(-c2nccn2C)cc1NC(=O)c1ccc(OCc2cc(Oc3ccccc3)ccn2)cc1. The molecule has 5 rings (SSSR count). The molecule has 0 aliphatic rings. The summed E-state index contributed by atoms with van der Waals surface area (Å²) in [4.78, 5) is 21.7. The number of imidazole rings is 1. The molecule has 0 aliphatic carbocycles. The third-order valence-corrected chi connectivity index (χ3v) is 5.84. The second-order valence-corrected chi connectivity index (χ2v) is 8.56. The Morgan fingerprint density at radius 2 is 1.68 bits per heavy atom. The minimum Gasteiger partial charge on any atom is -0.487 e. The van der Waals surface area contributed by atoms with Crippen molar-refractivity contribution in [1.29, 1.82) is 0 Å². The number of ether oxygens (including phenoxy) is 2. The maximum absolute atomic E-state index is 12.9. The van der Waals surface area contributed by atoms with Crippen LogP contribution in [0.15, 0.2) is 104 Å². The molecule has 2 heterocycles. The predicted molar refractivity (Wildman–Crippen MR) is 143 cm³/mol. The first-order valence-corrected chi connectivity index (χ1v) is 11.9. The summed E-state index contributed by atoms with van der Waals surface area (Å²) in [6.07, 6.45) is 5.33. The smallest absolute Gasteiger partial charge is 0.255 e. The lowest BCUT2D eigenvalue weighted by molar-refractivity contribution is 0.102. The molecule has 0 spiro atoms. The summed E-state index contributed by atoms with van der Waals surface area (Å²) in [6.45, 7) is 2.24. The molecule has 37 heavy (non-hydrogen) atoms. The molecule has 0 fully saturated rings. The second-order valence-electron chi connectivity index (χ2n) is 8.56. The number of nitrogens with one attached hydrogen (secondary N) is 1. The number of nitrogens with zero attached hydrogens (tertiary/aromatic N) is 3. The molecule has 0 atom stereocenters. The van der Waals surface area contributed by atoms with Crippen LogP contribution in [0.2, 0.25) is 0 Å². The summed E-state index contributed by atoms with van der Waals surface area (Å²) in [5.41, 5.74) is 3.92. The van der Waals surface area contributed by atoms with Gasteiger partial charge in [-0.3, -0.25) is 9.78 Å². The Kier molecular flexibility index (Phi) is 6.94. The predicted octanol–water partition coefficient (Wildman–Crippen LogP) is 6.41. The summed E-state index contributed by atoms with van der Waals surface area (Å²) in [5, 5.41) is 3.01. The van der Waals surface area contributed by atoms with Crippen LogP contribution in [0.25, 0.3) is 11.4 Å². The first-order valence-electron chi connectivity index (χ1n) is 11.9. The number of para-hydroxylation sites is 1. The van der Waals surface area contributed by atoms with Crippen molar-refractivity contribution in [3.63, 3.8) is 0 Å². The number of amides is 1. The maximum Gasteiger partial charge on any atom is 0.255 e. The Bertz CT molecular complexity index is 1510. The highest BCUT2D eigenvalue weighted by atomic mass is 16.5. The topological polar surface area (TPSA) is 78.3 Å². The third kappa shape index (κ3) is 5.85. The van der Waals surface area contributed by atoms with Gasteiger partial charge >= 0.3 is 0 Å². The monoisotopic (exact) mass is 490 g/mol. The Morgan fingerprint density at radius 3 is 2.43 bits per heavy atom. The average molecular weight is 491 g/mol. The highest BCUT2D eigenvalue weighted by Gasteiger charge is 2.11. The van der Waals surface area contributed by atoms with Gasteiger partial charge in [0.1, 0.15) is 29.7 Å². The number of aryl methyl sites for hydroxylation is 2. The van der Waals surface area contributed by atoms with Crippen molar-refractivity contribution in [2.75, 3.05) is 5.32 Å². The third-order valence-electron chi connectivity index (χ3n) is 5.84. The largest absolute Gasteiger partial charge is 0.487 e. The Morgan fingerprint density at radius 1 is 0.865 bits per heavy atom. The number of hydrogen-bond donors (Lipinski definition) is 1. The summed E-state index contributed by atoms with van der Waals surface area (Å²) in [7, 11) is 1.94. The van der Waals surface area contributed by atoms with Gasteiger partial charge in [-0.25, -0.2) is 4.98 Å². The van der Waals surface area contributed by atoms with Gasteiger partial charge in [0.25, 0.3) is 5.91 Å². The van der Waals surface area contributed by atoms with Crippen molar-refractivity contribution in [1.82, 2.24) is 14.5 Å². The number of anilines is 1. The fraction of sp³-hybridized carbons (Fsp3) is 0.100. The van der Waals surface area contributed by atoms with Gasteiger partial charge in [0.05, 0.1) is 5.69 Å². The molecule has 3 aromatic carbocycles. The van der Waals surface area contributed by atoms with Crippen molar-refractivity contribution in [3.05, 3.63) is 120 Å². The van der Waals surface area contributed by atoms with E-state index in [4.69, 9.17) is 9.47 Å². The van der Waals surface area contributed by atoms with Crippen molar-refractivity contribution >= 4 is 11.6 Å². The number of hydrogen-bond acceptors (Lipinski definition) is 5. The van der Waals surface area contributed by atoms with E-state index in [1.807, 2.05) is 79.3 Å². The van der Waals surface area contributed by atoms with Crippen LogP contribution < -0.4 is 14.8 Å². The molecular formula is C30H26N4O3. The molecule has 0 radical (unpaired) electrons. The van der Waals surface area contributed by atoms with Crippen LogP contribution in [0.4, 0.5) is 5.69 Å². The van der Waals surface area contributed by atoms with Crippen LogP contribution in [0.1, 0.15) is 21.6 Å². The normalized spacial score (nSPS) is 10.6.